The molecule has 0 radical (unpaired) electrons. The molecule has 0 saturated carbocycles. The van der Waals surface area contributed by atoms with Crippen molar-refractivity contribution < 1.29 is 20.1 Å². The molecule has 5 heteroatoms. The van der Waals surface area contributed by atoms with E-state index in [1.165, 1.54) is 0 Å². The van der Waals surface area contributed by atoms with Gasteiger partial charge in [-0.2, -0.15) is 0 Å². The highest BCUT2D eigenvalue weighted by Crippen LogP contribution is 2.46. The van der Waals surface area contributed by atoms with Gasteiger partial charge >= 0.3 is 0 Å². The molecule has 0 spiro atoms. The van der Waals surface area contributed by atoms with E-state index in [2.05, 4.69) is 0 Å². The van der Waals surface area contributed by atoms with Crippen molar-refractivity contribution in [2.45, 2.75) is 34.6 Å². The van der Waals surface area contributed by atoms with Crippen molar-refractivity contribution in [2.75, 3.05) is 4.90 Å². The quantitative estimate of drug-likeness (QED) is 0.289. The average molecular weight is 456 g/mol. The molecule has 5 nitrogen and oxygen atoms in total. The van der Waals surface area contributed by atoms with E-state index in [-0.39, 0.29) is 17.2 Å². The maximum absolute atomic E-state index is 10.5. The van der Waals surface area contributed by atoms with E-state index in [0.717, 1.165) is 44.9 Å². The minimum absolute atomic E-state index is 0.158. The summed E-state index contributed by atoms with van der Waals surface area (Å²) in [5, 5.41) is 30.7. The second-order valence-corrected chi connectivity index (χ2v) is 8.67. The molecule has 4 aromatic rings. The molecule has 0 amide bonds. The standard InChI is InChI=1S/C29H29NO4/c1-17-12-23(32)15-26(20(17)4)30(27-16-24(33)13-18(2)21(27)5)25-8-6-7-9-29(25)34-28-11-10-22(31)14-19(28)3/h6-16,31-33H,1-5H3. The SMILES string of the molecule is Cc1cc(O)ccc1Oc1ccccc1N(c1cc(O)cc(C)c1C)c1cc(O)cc(C)c1C. The lowest BCUT2D eigenvalue weighted by Gasteiger charge is -2.31. The Morgan fingerprint density at radius 1 is 0.529 bits per heavy atom. The minimum atomic E-state index is 0.158. The Hall–Kier alpha value is -4.12. The van der Waals surface area contributed by atoms with E-state index in [9.17, 15) is 15.3 Å². The Morgan fingerprint density at radius 2 is 1.06 bits per heavy atom. The first-order valence-electron chi connectivity index (χ1n) is 11.1. The van der Waals surface area contributed by atoms with Gasteiger partial charge in [-0.3, -0.25) is 0 Å². The Labute approximate surface area is 200 Å². The van der Waals surface area contributed by atoms with Crippen LogP contribution < -0.4 is 9.64 Å². The number of hydrogen-bond acceptors (Lipinski definition) is 5. The van der Waals surface area contributed by atoms with E-state index >= 15 is 0 Å². The zero-order valence-electron chi connectivity index (χ0n) is 20.0. The number of anilines is 3. The fourth-order valence-corrected chi connectivity index (χ4v) is 4.09. The molecule has 0 heterocycles. The summed E-state index contributed by atoms with van der Waals surface area (Å²) in [6.45, 7) is 9.81. The normalized spacial score (nSPS) is 10.9. The minimum Gasteiger partial charge on any atom is -0.508 e. The number of aromatic hydroxyl groups is 3. The molecule has 0 aliphatic rings. The third kappa shape index (κ3) is 4.37. The van der Waals surface area contributed by atoms with Crippen LogP contribution in [0.25, 0.3) is 0 Å². The number of aryl methyl sites for hydroxylation is 3. The molecule has 4 aromatic carbocycles. The molecule has 0 saturated heterocycles. The molecule has 0 unspecified atom stereocenters. The molecule has 174 valence electrons. The van der Waals surface area contributed by atoms with Crippen LogP contribution in [0.1, 0.15) is 27.8 Å². The lowest BCUT2D eigenvalue weighted by Crippen LogP contribution is -2.14. The second kappa shape index (κ2) is 9.02. The van der Waals surface area contributed by atoms with Gasteiger partial charge < -0.3 is 25.0 Å². The van der Waals surface area contributed by atoms with Gasteiger partial charge in [0.1, 0.15) is 23.0 Å². The van der Waals surface area contributed by atoms with Crippen molar-refractivity contribution in [3.63, 3.8) is 0 Å². The lowest BCUT2D eigenvalue weighted by atomic mass is 10.0. The summed E-state index contributed by atoms with van der Waals surface area (Å²) in [5.74, 6) is 1.71. The van der Waals surface area contributed by atoms with Gasteiger partial charge in [-0.25, -0.2) is 0 Å². The maximum Gasteiger partial charge on any atom is 0.151 e. The van der Waals surface area contributed by atoms with Crippen LogP contribution in [-0.4, -0.2) is 15.3 Å². The van der Waals surface area contributed by atoms with Crippen LogP contribution >= 0.6 is 0 Å². The molecule has 0 bridgehead atoms. The smallest absolute Gasteiger partial charge is 0.151 e. The zero-order chi connectivity index (χ0) is 24.6. The van der Waals surface area contributed by atoms with Crippen molar-refractivity contribution >= 4 is 17.1 Å². The Kier molecular flexibility index (Phi) is 6.12. The summed E-state index contributed by atoms with van der Waals surface area (Å²) in [7, 11) is 0. The van der Waals surface area contributed by atoms with Gasteiger partial charge in [0.2, 0.25) is 0 Å². The zero-order valence-corrected chi connectivity index (χ0v) is 20.0. The van der Waals surface area contributed by atoms with Crippen molar-refractivity contribution in [1.29, 1.82) is 0 Å². The van der Waals surface area contributed by atoms with Gasteiger partial charge in [0, 0.05) is 12.1 Å². The van der Waals surface area contributed by atoms with Gasteiger partial charge in [-0.05, 0) is 105 Å². The van der Waals surface area contributed by atoms with E-state index in [4.69, 9.17) is 4.74 Å². The summed E-state index contributed by atoms with van der Waals surface area (Å²) in [4.78, 5) is 2.01. The molecular weight excluding hydrogens is 426 g/mol. The predicted octanol–water partition coefficient (Wildman–Crippen LogP) is 7.61. The van der Waals surface area contributed by atoms with E-state index in [1.807, 2.05) is 63.8 Å². The highest BCUT2D eigenvalue weighted by molar-refractivity contribution is 5.85. The number of para-hydroxylation sites is 2. The van der Waals surface area contributed by atoms with Crippen LogP contribution in [0, 0.1) is 34.6 Å². The topological polar surface area (TPSA) is 73.2 Å². The summed E-state index contributed by atoms with van der Waals surface area (Å²) in [6, 6.07) is 19.6. The first kappa shape index (κ1) is 23.1. The molecule has 0 fully saturated rings. The molecular formula is C29H29NO4. The Bertz CT molecular complexity index is 1320. The molecule has 4 rings (SSSR count). The average Bonchev–Trinajstić information content (AvgIpc) is 2.78. The van der Waals surface area contributed by atoms with E-state index in [1.54, 1.807) is 42.5 Å². The largest absolute Gasteiger partial charge is 0.508 e. The van der Waals surface area contributed by atoms with Gasteiger partial charge in [-0.1, -0.05) is 12.1 Å². The van der Waals surface area contributed by atoms with Crippen LogP contribution in [-0.2, 0) is 0 Å². The van der Waals surface area contributed by atoms with Crippen LogP contribution in [0.2, 0.25) is 0 Å². The lowest BCUT2D eigenvalue weighted by molar-refractivity contribution is 0.462. The van der Waals surface area contributed by atoms with E-state index < -0.39 is 0 Å². The third-order valence-electron chi connectivity index (χ3n) is 6.22. The van der Waals surface area contributed by atoms with Crippen molar-refractivity contribution in [3.05, 3.63) is 94.5 Å². The van der Waals surface area contributed by atoms with Crippen LogP contribution in [0.4, 0.5) is 17.1 Å². The van der Waals surface area contributed by atoms with Crippen LogP contribution in [0.15, 0.2) is 66.7 Å². The van der Waals surface area contributed by atoms with Gasteiger partial charge in [0.25, 0.3) is 0 Å². The number of nitrogens with zero attached hydrogens (tertiary/aromatic N) is 1. The number of phenols is 3. The molecule has 0 aromatic heterocycles. The molecule has 3 N–H and O–H groups in total. The van der Waals surface area contributed by atoms with Gasteiger partial charge in [0.15, 0.2) is 5.75 Å². The second-order valence-electron chi connectivity index (χ2n) is 8.67. The fourth-order valence-electron chi connectivity index (χ4n) is 4.09. The summed E-state index contributed by atoms with van der Waals surface area (Å²) >= 11 is 0. The van der Waals surface area contributed by atoms with E-state index in [0.29, 0.717) is 11.5 Å². The van der Waals surface area contributed by atoms with Crippen LogP contribution in [0.5, 0.6) is 28.7 Å². The highest BCUT2D eigenvalue weighted by atomic mass is 16.5. The van der Waals surface area contributed by atoms with Crippen molar-refractivity contribution in [2.24, 2.45) is 0 Å². The third-order valence-corrected chi connectivity index (χ3v) is 6.22. The summed E-state index contributed by atoms with van der Waals surface area (Å²) in [5.41, 5.74) is 6.99. The first-order valence-corrected chi connectivity index (χ1v) is 11.1. The molecule has 0 aliphatic carbocycles. The van der Waals surface area contributed by atoms with Crippen LogP contribution in [0.3, 0.4) is 0 Å². The number of phenolic OH excluding ortho intramolecular Hbond substituents is 3. The summed E-state index contributed by atoms with van der Waals surface area (Å²) < 4.78 is 6.34. The van der Waals surface area contributed by atoms with Gasteiger partial charge in [0.05, 0.1) is 17.1 Å². The highest BCUT2D eigenvalue weighted by Gasteiger charge is 2.23. The Morgan fingerprint density at radius 3 is 1.62 bits per heavy atom. The molecule has 0 atom stereocenters. The first-order chi connectivity index (χ1) is 16.2. The number of hydrogen-bond donors (Lipinski definition) is 3. The predicted molar refractivity (Wildman–Crippen MR) is 136 cm³/mol. The number of rotatable bonds is 5. The Balaban J connectivity index is 1.98. The molecule has 34 heavy (non-hydrogen) atoms. The van der Waals surface area contributed by atoms with Gasteiger partial charge in [-0.15, -0.1) is 0 Å². The maximum atomic E-state index is 10.5. The van der Waals surface area contributed by atoms with Crippen molar-refractivity contribution in [3.8, 4) is 28.7 Å². The fraction of sp³-hybridized carbons (Fsp3) is 0.172. The summed E-state index contributed by atoms with van der Waals surface area (Å²) in [6.07, 6.45) is 0. The molecule has 0 aliphatic heterocycles. The number of benzene rings is 4. The number of ether oxygens (including phenoxy) is 1. The van der Waals surface area contributed by atoms with Crippen molar-refractivity contribution in [1.82, 2.24) is 0 Å². The monoisotopic (exact) mass is 455 g/mol.